The Morgan fingerprint density at radius 2 is 1.54 bits per heavy atom. The highest BCUT2D eigenvalue weighted by Gasteiger charge is 2.36. The Balaban J connectivity index is 2.24. The molecule has 2 aromatic carbocycles. The predicted octanol–water partition coefficient (Wildman–Crippen LogP) is 2.50. The molecule has 1 aliphatic rings. The van der Waals surface area contributed by atoms with Gasteiger partial charge in [0.15, 0.2) is 23.1 Å². The van der Waals surface area contributed by atoms with E-state index < -0.39 is 23.1 Å². The van der Waals surface area contributed by atoms with Crippen molar-refractivity contribution in [2.75, 3.05) is 5.73 Å². The molecule has 0 unspecified atom stereocenters. The average Bonchev–Trinajstić information content (AvgIpc) is 2.56. The number of carbonyl (C=O) groups excluding carboxylic acids is 2. The third-order valence-corrected chi connectivity index (χ3v) is 4.31. The fourth-order valence-corrected chi connectivity index (χ4v) is 2.98. The summed E-state index contributed by atoms with van der Waals surface area (Å²) in [5, 5.41) is 30.2. The SMILES string of the molecule is CCCCc1ccc2c(c1O)C(=O)c1cc(N)c(O)c(O)c1C2=O. The van der Waals surface area contributed by atoms with E-state index in [1.54, 1.807) is 6.07 Å². The van der Waals surface area contributed by atoms with Crippen molar-refractivity contribution in [3.8, 4) is 17.2 Å². The van der Waals surface area contributed by atoms with Gasteiger partial charge in [-0.25, -0.2) is 0 Å². The lowest BCUT2D eigenvalue weighted by atomic mass is 9.81. The van der Waals surface area contributed by atoms with Crippen LogP contribution in [0.4, 0.5) is 5.69 Å². The van der Waals surface area contributed by atoms with Gasteiger partial charge in [-0.3, -0.25) is 9.59 Å². The van der Waals surface area contributed by atoms with Crippen molar-refractivity contribution in [1.82, 2.24) is 0 Å². The van der Waals surface area contributed by atoms with E-state index in [0.29, 0.717) is 12.0 Å². The van der Waals surface area contributed by atoms with E-state index >= 15 is 0 Å². The van der Waals surface area contributed by atoms with Crippen molar-refractivity contribution in [3.05, 3.63) is 46.0 Å². The van der Waals surface area contributed by atoms with Crippen LogP contribution in [-0.4, -0.2) is 26.9 Å². The molecule has 124 valence electrons. The zero-order valence-corrected chi connectivity index (χ0v) is 13.1. The van der Waals surface area contributed by atoms with E-state index in [9.17, 15) is 24.9 Å². The Kier molecular flexibility index (Phi) is 3.67. The minimum atomic E-state index is -0.719. The Morgan fingerprint density at radius 1 is 0.917 bits per heavy atom. The molecule has 0 radical (unpaired) electrons. The number of phenolic OH excluding ortho intramolecular Hbond substituents is 3. The fraction of sp³-hybridized carbons (Fsp3) is 0.222. The number of carbonyl (C=O) groups is 2. The maximum Gasteiger partial charge on any atom is 0.198 e. The van der Waals surface area contributed by atoms with Crippen molar-refractivity contribution < 1.29 is 24.9 Å². The number of hydrogen-bond donors (Lipinski definition) is 4. The van der Waals surface area contributed by atoms with Crippen LogP contribution in [0.2, 0.25) is 0 Å². The molecule has 1 aliphatic carbocycles. The normalized spacial score (nSPS) is 12.9. The second kappa shape index (κ2) is 5.56. The minimum absolute atomic E-state index is 0.00437. The van der Waals surface area contributed by atoms with E-state index in [2.05, 4.69) is 0 Å². The maximum absolute atomic E-state index is 12.8. The summed E-state index contributed by atoms with van der Waals surface area (Å²) in [5.41, 5.74) is 5.47. The predicted molar refractivity (Wildman–Crippen MR) is 87.8 cm³/mol. The number of hydrogen-bond acceptors (Lipinski definition) is 6. The van der Waals surface area contributed by atoms with E-state index in [1.165, 1.54) is 6.07 Å². The van der Waals surface area contributed by atoms with E-state index in [1.807, 2.05) is 6.92 Å². The first kappa shape index (κ1) is 15.9. The number of anilines is 1. The van der Waals surface area contributed by atoms with Gasteiger partial charge in [-0.1, -0.05) is 19.4 Å². The highest BCUT2D eigenvalue weighted by atomic mass is 16.3. The summed E-state index contributed by atoms with van der Waals surface area (Å²) in [7, 11) is 0. The molecule has 0 saturated heterocycles. The monoisotopic (exact) mass is 327 g/mol. The summed E-state index contributed by atoms with van der Waals surface area (Å²) in [5.74, 6) is -2.80. The molecule has 0 aliphatic heterocycles. The van der Waals surface area contributed by atoms with E-state index in [4.69, 9.17) is 5.73 Å². The van der Waals surface area contributed by atoms with Crippen LogP contribution in [-0.2, 0) is 6.42 Å². The third-order valence-electron chi connectivity index (χ3n) is 4.31. The molecule has 0 spiro atoms. The molecule has 0 bridgehead atoms. The molecule has 24 heavy (non-hydrogen) atoms. The number of ketones is 2. The van der Waals surface area contributed by atoms with Gasteiger partial charge < -0.3 is 21.1 Å². The van der Waals surface area contributed by atoms with Gasteiger partial charge in [0.1, 0.15) is 5.75 Å². The zero-order chi connectivity index (χ0) is 17.6. The largest absolute Gasteiger partial charge is 0.507 e. The van der Waals surface area contributed by atoms with Crippen LogP contribution in [0, 0.1) is 0 Å². The molecule has 5 N–H and O–H groups in total. The molecular weight excluding hydrogens is 310 g/mol. The van der Waals surface area contributed by atoms with Gasteiger partial charge in [0.2, 0.25) is 0 Å². The van der Waals surface area contributed by atoms with Crippen molar-refractivity contribution in [3.63, 3.8) is 0 Å². The quantitative estimate of drug-likeness (QED) is 0.433. The Hall–Kier alpha value is -3.02. The first-order chi connectivity index (χ1) is 11.4. The second-order valence-electron chi connectivity index (χ2n) is 5.84. The lowest BCUT2D eigenvalue weighted by Crippen LogP contribution is -2.22. The van der Waals surface area contributed by atoms with Gasteiger partial charge >= 0.3 is 0 Å². The number of nitrogen functional groups attached to an aromatic ring is 1. The number of nitrogens with two attached hydrogens (primary N) is 1. The number of rotatable bonds is 3. The molecule has 6 heteroatoms. The molecule has 0 amide bonds. The second-order valence-corrected chi connectivity index (χ2v) is 5.84. The summed E-state index contributed by atoms with van der Waals surface area (Å²) < 4.78 is 0. The smallest absolute Gasteiger partial charge is 0.198 e. The lowest BCUT2D eigenvalue weighted by Gasteiger charge is -2.21. The van der Waals surface area contributed by atoms with Crippen LogP contribution >= 0.6 is 0 Å². The molecular formula is C18H17NO5. The molecule has 0 saturated carbocycles. The van der Waals surface area contributed by atoms with E-state index in [-0.39, 0.29) is 33.7 Å². The molecule has 0 aromatic heterocycles. The first-order valence-electron chi connectivity index (χ1n) is 7.67. The summed E-state index contributed by atoms with van der Waals surface area (Å²) in [4.78, 5) is 25.4. The van der Waals surface area contributed by atoms with Crippen molar-refractivity contribution in [2.45, 2.75) is 26.2 Å². The highest BCUT2D eigenvalue weighted by Crippen LogP contribution is 2.43. The van der Waals surface area contributed by atoms with Crippen LogP contribution in [0.5, 0.6) is 17.2 Å². The Labute approximate surface area is 138 Å². The average molecular weight is 327 g/mol. The number of unbranched alkanes of at least 4 members (excludes halogenated alkanes) is 1. The number of fused-ring (bicyclic) bond motifs is 2. The standard InChI is InChI=1S/C18H17NO5/c1-2-3-4-8-5-6-9-12(14(8)20)16(22)10-7-11(19)17(23)18(24)13(10)15(9)21/h5-7,20,23-24H,2-4,19H2,1H3. The van der Waals surface area contributed by atoms with Gasteiger partial charge in [-0.2, -0.15) is 0 Å². The van der Waals surface area contributed by atoms with Crippen LogP contribution in [0.25, 0.3) is 0 Å². The topological polar surface area (TPSA) is 121 Å². The van der Waals surface area contributed by atoms with Gasteiger partial charge in [0, 0.05) is 11.1 Å². The van der Waals surface area contributed by atoms with Crippen LogP contribution < -0.4 is 5.73 Å². The van der Waals surface area contributed by atoms with Crippen molar-refractivity contribution >= 4 is 17.3 Å². The Bertz CT molecular complexity index is 886. The summed E-state index contributed by atoms with van der Waals surface area (Å²) in [6.45, 7) is 2.01. The lowest BCUT2D eigenvalue weighted by molar-refractivity contribution is 0.0973. The Morgan fingerprint density at radius 3 is 2.21 bits per heavy atom. The molecule has 0 fully saturated rings. The van der Waals surface area contributed by atoms with Gasteiger partial charge in [0.05, 0.1) is 16.8 Å². The molecule has 0 heterocycles. The summed E-state index contributed by atoms with van der Waals surface area (Å²) in [6.07, 6.45) is 2.36. The maximum atomic E-state index is 12.8. The molecule has 6 nitrogen and oxygen atoms in total. The number of phenols is 3. The third kappa shape index (κ3) is 2.11. The van der Waals surface area contributed by atoms with Crippen molar-refractivity contribution in [1.29, 1.82) is 0 Å². The first-order valence-corrected chi connectivity index (χ1v) is 7.67. The van der Waals surface area contributed by atoms with Crippen LogP contribution in [0.1, 0.15) is 57.2 Å². The number of aryl methyl sites for hydroxylation is 1. The van der Waals surface area contributed by atoms with Crippen LogP contribution in [0.15, 0.2) is 18.2 Å². The number of benzene rings is 2. The minimum Gasteiger partial charge on any atom is -0.507 e. The molecule has 2 aromatic rings. The fourth-order valence-electron chi connectivity index (χ4n) is 2.98. The summed E-state index contributed by atoms with van der Waals surface area (Å²) in [6, 6.07) is 4.22. The number of aromatic hydroxyl groups is 3. The van der Waals surface area contributed by atoms with Crippen molar-refractivity contribution in [2.24, 2.45) is 0 Å². The van der Waals surface area contributed by atoms with Gasteiger partial charge in [-0.05, 0) is 30.5 Å². The molecule has 3 rings (SSSR count). The van der Waals surface area contributed by atoms with E-state index in [0.717, 1.165) is 18.9 Å². The van der Waals surface area contributed by atoms with Crippen LogP contribution in [0.3, 0.4) is 0 Å². The summed E-state index contributed by atoms with van der Waals surface area (Å²) >= 11 is 0. The zero-order valence-electron chi connectivity index (χ0n) is 13.1. The molecule has 0 atom stereocenters. The van der Waals surface area contributed by atoms with Gasteiger partial charge in [0.25, 0.3) is 0 Å². The van der Waals surface area contributed by atoms with Gasteiger partial charge in [-0.15, -0.1) is 0 Å². The highest BCUT2D eigenvalue weighted by molar-refractivity contribution is 6.30.